The number of ether oxygens (including phenoxy) is 3. The molecule has 8 N–H and O–H groups in total. The number of nitrogens with one attached hydrogen (secondary N) is 1. The van der Waals surface area contributed by atoms with Crippen molar-refractivity contribution in [1.29, 1.82) is 5.41 Å². The van der Waals surface area contributed by atoms with Crippen molar-refractivity contribution < 1.29 is 49.3 Å². The maximum absolute atomic E-state index is 13.6. The molecule has 0 bridgehead atoms. The van der Waals surface area contributed by atoms with Gasteiger partial charge >= 0.3 is 0 Å². The zero-order valence-corrected chi connectivity index (χ0v) is 21.3. The fourth-order valence-electron chi connectivity index (χ4n) is 5.80. The Morgan fingerprint density at radius 2 is 1.95 bits per heavy atom. The van der Waals surface area contributed by atoms with Crippen LogP contribution in [0.5, 0.6) is 17.2 Å². The van der Waals surface area contributed by atoms with Gasteiger partial charge in [0.05, 0.1) is 47.8 Å². The first-order valence-electron chi connectivity index (χ1n) is 12.5. The number of rotatable bonds is 5. The van der Waals surface area contributed by atoms with Crippen molar-refractivity contribution in [3.05, 3.63) is 51.6 Å². The Balaban J connectivity index is 1.69. The third-order valence-corrected chi connectivity index (χ3v) is 7.85. The molecule has 12 nitrogen and oxygen atoms in total. The second kappa shape index (κ2) is 9.66. The third kappa shape index (κ3) is 4.11. The maximum Gasteiger partial charge on any atom is 0.198 e. The van der Waals surface area contributed by atoms with Crippen molar-refractivity contribution in [2.75, 3.05) is 13.7 Å². The zero-order chi connectivity index (χ0) is 28.4. The van der Waals surface area contributed by atoms with E-state index in [1.807, 2.05) is 0 Å². The van der Waals surface area contributed by atoms with Gasteiger partial charge in [-0.15, -0.1) is 0 Å². The maximum atomic E-state index is 13.6. The number of methoxy groups -OCH3 is 1. The number of hydrogen-bond donors (Lipinski definition) is 7. The summed E-state index contributed by atoms with van der Waals surface area (Å²) in [6.45, 7) is 0.596. The van der Waals surface area contributed by atoms with Gasteiger partial charge in [0.2, 0.25) is 0 Å². The monoisotopic (exact) mass is 542 g/mol. The lowest BCUT2D eigenvalue weighted by Crippen LogP contribution is -2.53. The molecule has 0 radical (unpaired) electrons. The summed E-state index contributed by atoms with van der Waals surface area (Å²) in [5.41, 5.74) is 2.98. The average molecular weight is 543 g/mol. The second-order valence-electron chi connectivity index (χ2n) is 10.2. The van der Waals surface area contributed by atoms with E-state index in [9.17, 15) is 35.1 Å². The second-order valence-corrected chi connectivity index (χ2v) is 10.2. The van der Waals surface area contributed by atoms with Crippen LogP contribution < -0.4 is 10.5 Å². The number of aromatic hydroxyl groups is 2. The van der Waals surface area contributed by atoms with Gasteiger partial charge < -0.3 is 45.5 Å². The third-order valence-electron chi connectivity index (χ3n) is 7.85. The Morgan fingerprint density at radius 1 is 1.23 bits per heavy atom. The van der Waals surface area contributed by atoms with Crippen LogP contribution in [0.15, 0.2) is 18.2 Å². The van der Waals surface area contributed by atoms with Gasteiger partial charge in [0, 0.05) is 42.0 Å². The molecule has 5 rings (SSSR count). The molecule has 1 saturated heterocycles. The SMILES string of the molecule is COc1cccc2c1C(=N)c1c(O)c3c(c(O)c1C2=O)C[C@@](O)(C(=O)CO)C[C@@H]3OC1CC(N)C(O)C(C)O1. The number of phenolic OH excluding ortho intramolecular Hbond substituents is 2. The molecule has 3 aliphatic rings. The van der Waals surface area contributed by atoms with Crippen molar-refractivity contribution >= 4 is 17.3 Å². The van der Waals surface area contributed by atoms with Gasteiger partial charge in [-0.3, -0.25) is 15.0 Å². The van der Waals surface area contributed by atoms with Crippen LogP contribution in [0.2, 0.25) is 0 Å². The number of aliphatic hydroxyl groups is 3. The number of carbonyl (C=O) groups excluding carboxylic acids is 2. The summed E-state index contributed by atoms with van der Waals surface area (Å²) < 4.78 is 17.1. The first kappa shape index (κ1) is 27.2. The van der Waals surface area contributed by atoms with Gasteiger partial charge in [-0.25, -0.2) is 0 Å². The summed E-state index contributed by atoms with van der Waals surface area (Å²) in [4.78, 5) is 26.2. The van der Waals surface area contributed by atoms with Crippen LogP contribution in [0.25, 0.3) is 0 Å². The fraction of sp³-hybridized carbons (Fsp3) is 0.444. The molecule has 0 spiro atoms. The van der Waals surface area contributed by atoms with E-state index in [1.54, 1.807) is 19.1 Å². The minimum absolute atomic E-state index is 0.0338. The van der Waals surface area contributed by atoms with Crippen LogP contribution in [0.4, 0.5) is 0 Å². The number of Topliss-reactive ketones (excluding diaryl/α,β-unsaturated/α-hetero) is 1. The summed E-state index contributed by atoms with van der Waals surface area (Å²) in [6.07, 6.45) is -4.89. The predicted octanol–water partition coefficient (Wildman–Crippen LogP) is 0.186. The number of ketones is 2. The lowest BCUT2D eigenvalue weighted by Gasteiger charge is -2.42. The van der Waals surface area contributed by atoms with Crippen LogP contribution in [0, 0.1) is 5.41 Å². The molecule has 0 saturated carbocycles. The normalized spacial score (nSPS) is 29.8. The van der Waals surface area contributed by atoms with Crippen molar-refractivity contribution in [3.8, 4) is 17.2 Å². The van der Waals surface area contributed by atoms with E-state index in [4.69, 9.17) is 25.4 Å². The van der Waals surface area contributed by atoms with Gasteiger partial charge in [-0.05, 0) is 13.0 Å². The topological polar surface area (TPSA) is 213 Å². The van der Waals surface area contributed by atoms with Crippen LogP contribution in [-0.2, 0) is 20.7 Å². The van der Waals surface area contributed by atoms with E-state index in [2.05, 4.69) is 0 Å². The Labute approximate surface area is 223 Å². The Hall–Kier alpha value is -3.39. The van der Waals surface area contributed by atoms with E-state index >= 15 is 0 Å². The number of phenols is 2. The molecule has 208 valence electrons. The number of carbonyl (C=O) groups is 2. The van der Waals surface area contributed by atoms with Crippen molar-refractivity contribution in [1.82, 2.24) is 0 Å². The fourth-order valence-corrected chi connectivity index (χ4v) is 5.80. The van der Waals surface area contributed by atoms with E-state index in [0.717, 1.165) is 0 Å². The number of hydrogen-bond acceptors (Lipinski definition) is 12. The average Bonchev–Trinajstić information content (AvgIpc) is 2.90. The lowest BCUT2D eigenvalue weighted by molar-refractivity contribution is -0.247. The Kier molecular flexibility index (Phi) is 6.74. The van der Waals surface area contributed by atoms with Gasteiger partial charge in [0.15, 0.2) is 17.9 Å². The Morgan fingerprint density at radius 3 is 2.59 bits per heavy atom. The molecule has 1 heterocycles. The first-order chi connectivity index (χ1) is 18.4. The summed E-state index contributed by atoms with van der Waals surface area (Å²) in [7, 11) is 1.38. The molecule has 2 aliphatic carbocycles. The van der Waals surface area contributed by atoms with Gasteiger partial charge in [0.25, 0.3) is 0 Å². The highest BCUT2D eigenvalue weighted by Gasteiger charge is 2.49. The highest BCUT2D eigenvalue weighted by atomic mass is 16.7. The van der Waals surface area contributed by atoms with Crippen molar-refractivity contribution in [2.24, 2.45) is 5.73 Å². The molecule has 2 aromatic carbocycles. The van der Waals surface area contributed by atoms with Crippen LogP contribution in [0.1, 0.15) is 64.0 Å². The molecule has 39 heavy (non-hydrogen) atoms. The highest BCUT2D eigenvalue weighted by molar-refractivity contribution is 6.32. The van der Waals surface area contributed by atoms with Crippen molar-refractivity contribution in [2.45, 2.75) is 62.4 Å². The lowest BCUT2D eigenvalue weighted by atomic mass is 9.71. The molecule has 1 aliphatic heterocycles. The highest BCUT2D eigenvalue weighted by Crippen LogP contribution is 2.52. The molecule has 1 fully saturated rings. The number of nitrogens with two attached hydrogens (primary N) is 1. The summed E-state index contributed by atoms with van der Waals surface area (Å²) >= 11 is 0. The largest absolute Gasteiger partial charge is 0.507 e. The predicted molar refractivity (Wildman–Crippen MR) is 134 cm³/mol. The standard InChI is InChI=1S/C27H30N2O10/c1-10-23(32)13(28)6-17(38-10)39-15-8-27(36,16(31)9-30)7-12-19(15)26(35)20-21(25(12)34)24(33)11-4-3-5-14(37-2)18(11)22(20)29/h3-5,10,13,15,17,23,29-30,32,34-36H,6-9,28H2,1-2H3/t10?,13?,15-,17?,23?,27-/m0/s1. The van der Waals surface area contributed by atoms with Crippen LogP contribution >= 0.6 is 0 Å². The van der Waals surface area contributed by atoms with Crippen LogP contribution in [-0.4, -0.2) is 86.7 Å². The smallest absolute Gasteiger partial charge is 0.198 e. The van der Waals surface area contributed by atoms with Crippen LogP contribution in [0.3, 0.4) is 0 Å². The minimum atomic E-state index is -2.21. The van der Waals surface area contributed by atoms with Gasteiger partial charge in [0.1, 0.15) is 29.5 Å². The van der Waals surface area contributed by atoms with Gasteiger partial charge in [-0.2, -0.15) is 0 Å². The Bertz CT molecular complexity index is 1380. The number of fused-ring (bicyclic) bond motifs is 3. The van der Waals surface area contributed by atoms with E-state index in [1.165, 1.54) is 13.2 Å². The summed E-state index contributed by atoms with van der Waals surface area (Å²) in [5, 5.41) is 62.7. The van der Waals surface area contributed by atoms with E-state index in [-0.39, 0.29) is 51.3 Å². The molecule has 0 amide bonds. The quantitative estimate of drug-likeness (QED) is 0.216. The number of aliphatic hydroxyl groups excluding tert-OH is 2. The minimum Gasteiger partial charge on any atom is -0.507 e. The van der Waals surface area contributed by atoms with E-state index < -0.39 is 78.8 Å². The van der Waals surface area contributed by atoms with Crippen molar-refractivity contribution in [3.63, 3.8) is 0 Å². The summed E-state index contributed by atoms with van der Waals surface area (Å²) in [6, 6.07) is 3.87. The number of benzene rings is 2. The molecule has 6 atom stereocenters. The summed E-state index contributed by atoms with van der Waals surface area (Å²) in [5.74, 6) is -2.57. The molecular weight excluding hydrogens is 512 g/mol. The molecule has 0 aromatic heterocycles. The zero-order valence-electron chi connectivity index (χ0n) is 21.3. The van der Waals surface area contributed by atoms with E-state index in [0.29, 0.717) is 0 Å². The molecular formula is C27H30N2O10. The van der Waals surface area contributed by atoms with Gasteiger partial charge in [-0.1, -0.05) is 12.1 Å². The molecule has 2 aromatic rings. The first-order valence-corrected chi connectivity index (χ1v) is 12.5. The molecule has 4 unspecified atom stereocenters. The molecule has 12 heteroatoms.